The van der Waals surface area contributed by atoms with Crippen LogP contribution in [0, 0.1) is 13.8 Å². The number of nitrogens with one attached hydrogen (secondary N) is 2. The third kappa shape index (κ3) is 5.19. The minimum atomic E-state index is -3.81. The van der Waals surface area contributed by atoms with Crippen LogP contribution in [0.5, 0.6) is 0 Å². The van der Waals surface area contributed by atoms with Gasteiger partial charge in [-0.1, -0.05) is 18.2 Å². The van der Waals surface area contributed by atoms with Crippen molar-refractivity contribution in [3.05, 3.63) is 74.7 Å². The van der Waals surface area contributed by atoms with Crippen molar-refractivity contribution in [1.82, 2.24) is 10.3 Å². The average molecular weight is 470 g/mol. The predicted octanol–water partition coefficient (Wildman–Crippen LogP) is 4.41. The van der Waals surface area contributed by atoms with Gasteiger partial charge in [-0.15, -0.1) is 11.3 Å². The Morgan fingerprint density at radius 1 is 1.09 bits per heavy atom. The summed E-state index contributed by atoms with van der Waals surface area (Å²) in [6, 6.07) is 11.8. The minimum Gasteiger partial charge on any atom is -0.352 e. The number of fused-ring (bicyclic) bond motifs is 1. The van der Waals surface area contributed by atoms with Crippen molar-refractivity contribution < 1.29 is 13.2 Å². The van der Waals surface area contributed by atoms with Gasteiger partial charge in [0.05, 0.1) is 15.6 Å². The van der Waals surface area contributed by atoms with Crippen molar-refractivity contribution in [3.63, 3.8) is 0 Å². The molecule has 0 bridgehead atoms. The Kier molecular flexibility index (Phi) is 6.62. The maximum Gasteiger partial charge on any atom is 0.261 e. The van der Waals surface area contributed by atoms with E-state index in [4.69, 9.17) is 4.98 Å². The zero-order valence-corrected chi connectivity index (χ0v) is 19.9. The molecule has 1 aromatic heterocycles. The fourth-order valence-corrected chi connectivity index (χ4v) is 6.06. The van der Waals surface area contributed by atoms with E-state index in [2.05, 4.69) is 10.0 Å². The summed E-state index contributed by atoms with van der Waals surface area (Å²) in [4.78, 5) is 18.9. The number of sulfonamides is 1. The molecule has 32 heavy (non-hydrogen) atoms. The molecule has 0 radical (unpaired) electrons. The summed E-state index contributed by atoms with van der Waals surface area (Å²) in [5.41, 5.74) is 3.74. The largest absolute Gasteiger partial charge is 0.352 e. The van der Waals surface area contributed by atoms with Gasteiger partial charge in [0, 0.05) is 29.1 Å². The van der Waals surface area contributed by atoms with Gasteiger partial charge < -0.3 is 5.32 Å². The monoisotopic (exact) mass is 469 g/mol. The maximum absolute atomic E-state index is 12.8. The molecule has 8 heteroatoms. The van der Waals surface area contributed by atoms with Gasteiger partial charge in [0.2, 0.25) is 0 Å². The van der Waals surface area contributed by atoms with E-state index in [-0.39, 0.29) is 10.8 Å². The van der Waals surface area contributed by atoms with Crippen molar-refractivity contribution in [2.45, 2.75) is 50.8 Å². The van der Waals surface area contributed by atoms with E-state index in [1.807, 2.05) is 13.0 Å². The standard InChI is InChI=1S/C24H27N3O3S2/c1-16-6-5-7-18(14-16)27-32(29,30)19-11-10-17(2)20(15-19)24(28)25-13-12-23-26-21-8-3-4-9-22(21)31-23/h5-7,10-11,14-15,27H,3-4,8-9,12-13H2,1-2H3,(H,25,28). The smallest absolute Gasteiger partial charge is 0.261 e. The maximum atomic E-state index is 12.8. The van der Waals surface area contributed by atoms with Gasteiger partial charge in [-0.05, 0) is 74.9 Å². The second kappa shape index (κ2) is 9.42. The molecule has 1 amide bonds. The molecule has 0 fully saturated rings. The van der Waals surface area contributed by atoms with Crippen molar-refractivity contribution >= 4 is 33.0 Å². The average Bonchev–Trinajstić information content (AvgIpc) is 3.16. The first kappa shape index (κ1) is 22.5. The van der Waals surface area contributed by atoms with Crippen LogP contribution in [0.2, 0.25) is 0 Å². The lowest BCUT2D eigenvalue weighted by Gasteiger charge is -2.12. The van der Waals surface area contributed by atoms with E-state index in [0.29, 0.717) is 24.2 Å². The first-order valence-electron chi connectivity index (χ1n) is 10.8. The molecule has 3 aromatic rings. The summed E-state index contributed by atoms with van der Waals surface area (Å²) in [5.74, 6) is -0.281. The number of thiazole rings is 1. The van der Waals surface area contributed by atoms with Crippen molar-refractivity contribution in [1.29, 1.82) is 0 Å². The normalized spacial score (nSPS) is 13.4. The Morgan fingerprint density at radius 2 is 1.91 bits per heavy atom. The fourth-order valence-electron chi connectivity index (χ4n) is 3.83. The number of aromatic nitrogens is 1. The quantitative estimate of drug-likeness (QED) is 0.536. The number of aryl methyl sites for hydroxylation is 4. The summed E-state index contributed by atoms with van der Waals surface area (Å²) < 4.78 is 28.3. The third-order valence-corrected chi connectivity index (χ3v) is 8.14. The van der Waals surface area contributed by atoms with Gasteiger partial charge in [-0.2, -0.15) is 0 Å². The summed E-state index contributed by atoms with van der Waals surface area (Å²) in [6.45, 7) is 4.16. The van der Waals surface area contributed by atoms with Crippen molar-refractivity contribution in [2.24, 2.45) is 0 Å². The highest BCUT2D eigenvalue weighted by atomic mass is 32.2. The summed E-state index contributed by atoms with van der Waals surface area (Å²) >= 11 is 1.74. The van der Waals surface area contributed by atoms with E-state index in [1.54, 1.807) is 42.5 Å². The second-order valence-corrected chi connectivity index (χ2v) is 11.0. The zero-order valence-electron chi connectivity index (χ0n) is 18.3. The van der Waals surface area contributed by atoms with Gasteiger partial charge in [-0.25, -0.2) is 13.4 Å². The SMILES string of the molecule is Cc1cccc(NS(=O)(=O)c2ccc(C)c(C(=O)NCCc3nc4c(s3)CCCC4)c2)c1. The van der Waals surface area contributed by atoms with Crippen molar-refractivity contribution in [3.8, 4) is 0 Å². The van der Waals surface area contributed by atoms with Crippen LogP contribution in [0.25, 0.3) is 0 Å². The molecule has 2 aromatic carbocycles. The number of benzene rings is 2. The molecule has 1 aliphatic carbocycles. The molecule has 0 atom stereocenters. The van der Waals surface area contributed by atoms with E-state index >= 15 is 0 Å². The molecule has 0 aliphatic heterocycles. The number of carbonyl (C=O) groups is 1. The predicted molar refractivity (Wildman–Crippen MR) is 128 cm³/mol. The second-order valence-electron chi connectivity index (χ2n) is 8.14. The van der Waals surface area contributed by atoms with Gasteiger partial charge in [-0.3, -0.25) is 9.52 Å². The van der Waals surface area contributed by atoms with Crippen LogP contribution < -0.4 is 10.0 Å². The first-order valence-corrected chi connectivity index (χ1v) is 13.1. The molecule has 2 N–H and O–H groups in total. The summed E-state index contributed by atoms with van der Waals surface area (Å²) in [7, 11) is -3.81. The number of rotatable bonds is 7. The molecule has 4 rings (SSSR count). The summed E-state index contributed by atoms with van der Waals surface area (Å²) in [6.07, 6.45) is 5.26. The Balaban J connectivity index is 1.43. The van der Waals surface area contributed by atoms with E-state index in [1.165, 1.54) is 35.5 Å². The van der Waals surface area contributed by atoms with Gasteiger partial charge in [0.15, 0.2) is 0 Å². The number of hydrogen-bond acceptors (Lipinski definition) is 5. The zero-order chi connectivity index (χ0) is 22.7. The third-order valence-electron chi connectivity index (χ3n) is 5.55. The topological polar surface area (TPSA) is 88.2 Å². The van der Waals surface area contributed by atoms with E-state index in [9.17, 15) is 13.2 Å². The lowest BCUT2D eigenvalue weighted by molar-refractivity contribution is 0.0953. The van der Waals surface area contributed by atoms with Crippen LogP contribution in [0.4, 0.5) is 5.69 Å². The number of anilines is 1. The van der Waals surface area contributed by atoms with E-state index in [0.717, 1.165) is 29.0 Å². The Labute approximate surface area is 193 Å². The number of amides is 1. The highest BCUT2D eigenvalue weighted by Gasteiger charge is 2.19. The first-order chi connectivity index (χ1) is 15.3. The summed E-state index contributed by atoms with van der Waals surface area (Å²) in [5, 5.41) is 3.97. The van der Waals surface area contributed by atoms with Crippen LogP contribution in [0.15, 0.2) is 47.4 Å². The fraction of sp³-hybridized carbons (Fsp3) is 0.333. The molecule has 0 saturated carbocycles. The molecular weight excluding hydrogens is 442 g/mol. The van der Waals surface area contributed by atoms with Gasteiger partial charge >= 0.3 is 0 Å². The van der Waals surface area contributed by atoms with Gasteiger partial charge in [0.1, 0.15) is 0 Å². The molecule has 1 aliphatic rings. The Hall–Kier alpha value is -2.71. The molecule has 0 spiro atoms. The molecule has 0 saturated heterocycles. The van der Waals surface area contributed by atoms with Crippen LogP contribution in [-0.2, 0) is 29.3 Å². The number of hydrogen-bond donors (Lipinski definition) is 2. The number of nitrogens with zero attached hydrogens (tertiary/aromatic N) is 1. The molecule has 6 nitrogen and oxygen atoms in total. The lowest BCUT2D eigenvalue weighted by atomic mass is 10.0. The van der Waals surface area contributed by atoms with E-state index < -0.39 is 10.0 Å². The van der Waals surface area contributed by atoms with Crippen LogP contribution >= 0.6 is 11.3 Å². The van der Waals surface area contributed by atoms with Crippen LogP contribution in [0.3, 0.4) is 0 Å². The molecule has 0 unspecified atom stereocenters. The minimum absolute atomic E-state index is 0.0577. The highest BCUT2D eigenvalue weighted by Crippen LogP contribution is 2.27. The molecule has 168 valence electrons. The highest BCUT2D eigenvalue weighted by molar-refractivity contribution is 7.92. The Bertz CT molecular complexity index is 1230. The van der Waals surface area contributed by atoms with Crippen LogP contribution in [-0.4, -0.2) is 25.9 Å². The molecule has 1 heterocycles. The van der Waals surface area contributed by atoms with Crippen molar-refractivity contribution in [2.75, 3.05) is 11.3 Å². The lowest BCUT2D eigenvalue weighted by Crippen LogP contribution is -2.26. The number of carbonyl (C=O) groups excluding carboxylic acids is 1. The Morgan fingerprint density at radius 3 is 2.69 bits per heavy atom. The molecular formula is C24H27N3O3S2. The van der Waals surface area contributed by atoms with Gasteiger partial charge in [0.25, 0.3) is 15.9 Å². The van der Waals surface area contributed by atoms with Crippen LogP contribution in [0.1, 0.15) is 49.9 Å².